The molecule has 0 aromatic rings. The lowest BCUT2D eigenvalue weighted by atomic mass is 9.81. The second-order valence-electron chi connectivity index (χ2n) is 5.44. The van der Waals surface area contributed by atoms with E-state index in [0.717, 1.165) is 25.7 Å². The van der Waals surface area contributed by atoms with Crippen molar-refractivity contribution in [3.8, 4) is 0 Å². The van der Waals surface area contributed by atoms with Crippen LogP contribution in [0.4, 0.5) is 0 Å². The zero-order valence-corrected chi connectivity index (χ0v) is 12.1. The summed E-state index contributed by atoms with van der Waals surface area (Å²) in [7, 11) is 1.77. The van der Waals surface area contributed by atoms with E-state index in [9.17, 15) is 9.90 Å². The van der Waals surface area contributed by atoms with Crippen molar-refractivity contribution in [1.82, 2.24) is 5.32 Å². The monoisotopic (exact) mass is 259 g/mol. The molecule has 1 fully saturated rings. The van der Waals surface area contributed by atoms with Gasteiger partial charge in [0.15, 0.2) is 0 Å². The molecule has 1 aliphatic carbocycles. The molecule has 3 atom stereocenters. The molecule has 4 heteroatoms. The van der Waals surface area contributed by atoms with Gasteiger partial charge >= 0.3 is 5.97 Å². The second kappa shape index (κ2) is 6.10. The van der Waals surface area contributed by atoms with Crippen LogP contribution in [0.5, 0.6) is 0 Å². The van der Waals surface area contributed by atoms with Crippen molar-refractivity contribution in [2.24, 2.45) is 5.92 Å². The van der Waals surface area contributed by atoms with Gasteiger partial charge in [-0.15, -0.1) is 0 Å². The molecule has 3 nitrogen and oxygen atoms in total. The van der Waals surface area contributed by atoms with E-state index in [0.29, 0.717) is 16.4 Å². The number of carboxylic acids is 1. The zero-order valence-electron chi connectivity index (χ0n) is 11.3. The number of hydrogen-bond acceptors (Lipinski definition) is 3. The number of likely N-dealkylation sites (N-methyl/N-ethyl adjacent to an activating group) is 1. The molecular formula is C13H25NO2S. The molecule has 1 saturated carbocycles. The number of rotatable bonds is 5. The maximum atomic E-state index is 11.4. The molecule has 0 aromatic carbocycles. The van der Waals surface area contributed by atoms with E-state index in [-0.39, 0.29) is 0 Å². The third-order valence-corrected chi connectivity index (χ3v) is 5.70. The van der Waals surface area contributed by atoms with Crippen LogP contribution in [0, 0.1) is 5.92 Å². The van der Waals surface area contributed by atoms with Crippen molar-refractivity contribution in [2.75, 3.05) is 7.05 Å². The topological polar surface area (TPSA) is 49.3 Å². The van der Waals surface area contributed by atoms with Gasteiger partial charge in [0, 0.05) is 10.5 Å². The Bertz CT molecular complexity index is 270. The van der Waals surface area contributed by atoms with Gasteiger partial charge < -0.3 is 10.4 Å². The molecule has 3 unspecified atom stereocenters. The number of thioether (sulfide) groups is 1. The van der Waals surface area contributed by atoms with E-state index < -0.39 is 11.5 Å². The average molecular weight is 259 g/mol. The van der Waals surface area contributed by atoms with Gasteiger partial charge in [-0.25, -0.2) is 0 Å². The molecule has 0 heterocycles. The van der Waals surface area contributed by atoms with E-state index in [1.165, 1.54) is 0 Å². The van der Waals surface area contributed by atoms with Gasteiger partial charge in [0.05, 0.1) is 0 Å². The van der Waals surface area contributed by atoms with E-state index in [4.69, 9.17) is 0 Å². The van der Waals surface area contributed by atoms with Crippen LogP contribution in [0.1, 0.15) is 46.5 Å². The second-order valence-corrected chi connectivity index (χ2v) is 7.12. The number of carboxylic acid groups (broad SMARTS) is 1. The summed E-state index contributed by atoms with van der Waals surface area (Å²) in [5.74, 6) is -0.0433. The van der Waals surface area contributed by atoms with Crippen LogP contribution < -0.4 is 5.32 Å². The molecule has 0 aliphatic heterocycles. The molecule has 0 saturated heterocycles. The Morgan fingerprint density at radius 2 is 2.12 bits per heavy atom. The fourth-order valence-corrected chi connectivity index (χ4v) is 3.93. The summed E-state index contributed by atoms with van der Waals surface area (Å²) in [6.07, 6.45) is 3.67. The minimum absolute atomic E-state index is 0.477. The highest BCUT2D eigenvalue weighted by Gasteiger charge is 2.42. The number of aliphatic carboxylic acids is 1. The quantitative estimate of drug-likeness (QED) is 0.797. The number of hydrogen-bond donors (Lipinski definition) is 2. The average Bonchev–Trinajstić information content (AvgIpc) is 2.28. The summed E-state index contributed by atoms with van der Waals surface area (Å²) >= 11 is 1.96. The lowest BCUT2D eigenvalue weighted by molar-refractivity contribution is -0.146. The largest absolute Gasteiger partial charge is 0.480 e. The Morgan fingerprint density at radius 3 is 2.59 bits per heavy atom. The molecule has 1 rings (SSSR count). The van der Waals surface area contributed by atoms with Crippen LogP contribution in [0.25, 0.3) is 0 Å². The number of nitrogens with one attached hydrogen (secondary N) is 1. The van der Waals surface area contributed by atoms with Crippen molar-refractivity contribution in [3.05, 3.63) is 0 Å². The zero-order chi connectivity index (χ0) is 13.1. The maximum absolute atomic E-state index is 11.4. The Balaban J connectivity index is 2.62. The predicted molar refractivity (Wildman–Crippen MR) is 73.6 cm³/mol. The summed E-state index contributed by atoms with van der Waals surface area (Å²) in [6, 6.07) is 0. The van der Waals surface area contributed by atoms with Gasteiger partial charge in [-0.05, 0) is 38.6 Å². The minimum Gasteiger partial charge on any atom is -0.480 e. The smallest absolute Gasteiger partial charge is 0.323 e. The third kappa shape index (κ3) is 3.62. The summed E-state index contributed by atoms with van der Waals surface area (Å²) in [5.41, 5.74) is -0.688. The third-order valence-electron chi connectivity index (χ3n) is 3.94. The maximum Gasteiger partial charge on any atom is 0.323 e. The van der Waals surface area contributed by atoms with Crippen molar-refractivity contribution in [1.29, 1.82) is 0 Å². The Labute approximate surface area is 109 Å². The lowest BCUT2D eigenvalue weighted by Gasteiger charge is -2.38. The molecule has 0 radical (unpaired) electrons. The van der Waals surface area contributed by atoms with Crippen molar-refractivity contribution < 1.29 is 9.90 Å². The first kappa shape index (κ1) is 14.8. The Hall–Kier alpha value is -0.220. The first-order chi connectivity index (χ1) is 7.91. The van der Waals surface area contributed by atoms with Gasteiger partial charge in [-0.2, -0.15) is 11.8 Å². The molecule has 17 heavy (non-hydrogen) atoms. The van der Waals surface area contributed by atoms with Crippen LogP contribution >= 0.6 is 11.8 Å². The highest BCUT2D eigenvalue weighted by atomic mass is 32.2. The van der Waals surface area contributed by atoms with Crippen LogP contribution in [0.2, 0.25) is 0 Å². The van der Waals surface area contributed by atoms with Crippen LogP contribution in [0.3, 0.4) is 0 Å². The van der Waals surface area contributed by atoms with Crippen LogP contribution in [-0.2, 0) is 4.79 Å². The van der Waals surface area contributed by atoms with E-state index in [1.54, 1.807) is 7.05 Å². The minimum atomic E-state index is -0.692. The van der Waals surface area contributed by atoms with E-state index in [2.05, 4.69) is 26.1 Å². The Morgan fingerprint density at radius 1 is 1.47 bits per heavy atom. The van der Waals surface area contributed by atoms with Gasteiger partial charge in [-0.3, -0.25) is 4.79 Å². The van der Waals surface area contributed by atoms with Crippen LogP contribution in [0.15, 0.2) is 0 Å². The highest BCUT2D eigenvalue weighted by molar-refractivity contribution is 8.00. The normalized spacial score (nSPS) is 31.5. The lowest BCUT2D eigenvalue weighted by Crippen LogP contribution is -2.54. The molecule has 0 amide bonds. The van der Waals surface area contributed by atoms with Gasteiger partial charge in [-0.1, -0.05) is 20.8 Å². The highest BCUT2D eigenvalue weighted by Crippen LogP contribution is 2.38. The van der Waals surface area contributed by atoms with Crippen molar-refractivity contribution in [3.63, 3.8) is 0 Å². The standard InChI is InChI=1S/C13H25NO2S/c1-9(2)10(3)17-11-6-5-7-13(8-11,14-4)12(15)16/h9-11,14H,5-8H2,1-4H3,(H,15,16). The Kier molecular flexibility index (Phi) is 5.32. The van der Waals surface area contributed by atoms with Crippen LogP contribution in [-0.4, -0.2) is 34.2 Å². The molecule has 2 N–H and O–H groups in total. The van der Waals surface area contributed by atoms with Crippen molar-refractivity contribution in [2.45, 2.75) is 62.5 Å². The SMILES string of the molecule is CNC1(C(=O)O)CCCC(SC(C)C(C)C)C1. The summed E-state index contributed by atoms with van der Waals surface area (Å²) in [4.78, 5) is 11.4. The van der Waals surface area contributed by atoms with Crippen molar-refractivity contribution >= 4 is 17.7 Å². The fraction of sp³-hybridized carbons (Fsp3) is 0.923. The van der Waals surface area contributed by atoms with Gasteiger partial charge in [0.2, 0.25) is 0 Å². The predicted octanol–water partition coefficient (Wildman–Crippen LogP) is 2.75. The molecule has 0 aromatic heterocycles. The fourth-order valence-electron chi connectivity index (χ4n) is 2.33. The van der Waals surface area contributed by atoms with E-state index in [1.807, 2.05) is 11.8 Å². The molecule has 0 spiro atoms. The molecule has 100 valence electrons. The summed E-state index contributed by atoms with van der Waals surface area (Å²) < 4.78 is 0. The molecule has 1 aliphatic rings. The summed E-state index contributed by atoms with van der Waals surface area (Å²) in [5, 5.41) is 13.5. The molecular weight excluding hydrogens is 234 g/mol. The number of carbonyl (C=O) groups is 1. The molecule has 0 bridgehead atoms. The van der Waals surface area contributed by atoms with Gasteiger partial charge in [0.25, 0.3) is 0 Å². The first-order valence-corrected chi connectivity index (χ1v) is 7.43. The summed E-state index contributed by atoms with van der Waals surface area (Å²) in [6.45, 7) is 6.69. The van der Waals surface area contributed by atoms with Gasteiger partial charge in [0.1, 0.15) is 5.54 Å². The van der Waals surface area contributed by atoms with E-state index >= 15 is 0 Å². The first-order valence-electron chi connectivity index (χ1n) is 6.49.